The number of ether oxygens (including phenoxy) is 1. The molecule has 21 heavy (non-hydrogen) atoms. The second-order valence-electron chi connectivity index (χ2n) is 4.85. The van der Waals surface area contributed by atoms with Gasteiger partial charge in [0.1, 0.15) is 6.61 Å². The van der Waals surface area contributed by atoms with Crippen molar-refractivity contribution in [3.63, 3.8) is 0 Å². The Kier molecular flexibility index (Phi) is 4.13. The summed E-state index contributed by atoms with van der Waals surface area (Å²) in [5.41, 5.74) is 3.23. The second kappa shape index (κ2) is 6.20. The molecule has 0 aliphatic heterocycles. The molecular weight excluding hydrogens is 286 g/mol. The highest BCUT2D eigenvalue weighted by atomic mass is 35.5. The molecule has 0 saturated carbocycles. The molecule has 1 aliphatic rings. The van der Waals surface area contributed by atoms with Crippen molar-refractivity contribution in [2.75, 3.05) is 6.61 Å². The highest BCUT2D eigenvalue weighted by Crippen LogP contribution is 2.28. The number of carbonyl (C=O) groups is 1. The van der Waals surface area contributed by atoms with E-state index in [2.05, 4.69) is 4.98 Å². The molecule has 1 aliphatic carbocycles. The number of hydrogen-bond donors (Lipinski definition) is 0. The summed E-state index contributed by atoms with van der Waals surface area (Å²) in [5, 5.41) is 0.474. The van der Waals surface area contributed by atoms with Gasteiger partial charge in [-0.2, -0.15) is 0 Å². The van der Waals surface area contributed by atoms with Crippen molar-refractivity contribution < 1.29 is 9.53 Å². The van der Waals surface area contributed by atoms with Crippen LogP contribution in [0.25, 0.3) is 6.08 Å². The van der Waals surface area contributed by atoms with Gasteiger partial charge in [0.25, 0.3) is 0 Å². The highest BCUT2D eigenvalue weighted by molar-refractivity contribution is 6.35. The number of aromatic nitrogens is 1. The summed E-state index contributed by atoms with van der Waals surface area (Å²) in [6.45, 7) is 0.404. The first-order chi connectivity index (χ1) is 10.3. The van der Waals surface area contributed by atoms with Gasteiger partial charge in [0.05, 0.1) is 22.9 Å². The molecule has 1 aromatic heterocycles. The van der Waals surface area contributed by atoms with E-state index in [4.69, 9.17) is 16.3 Å². The Morgan fingerprint density at radius 2 is 2.10 bits per heavy atom. The molecule has 4 heteroatoms. The number of rotatable bonds is 5. The molecule has 0 saturated heterocycles. The van der Waals surface area contributed by atoms with Crippen LogP contribution in [0.1, 0.15) is 27.2 Å². The molecule has 0 N–H and O–H groups in total. The van der Waals surface area contributed by atoms with E-state index in [1.807, 2.05) is 42.5 Å². The summed E-state index contributed by atoms with van der Waals surface area (Å²) >= 11 is 6.28. The molecule has 0 atom stereocenters. The van der Waals surface area contributed by atoms with Crippen molar-refractivity contribution in [3.8, 4) is 0 Å². The summed E-state index contributed by atoms with van der Waals surface area (Å²) in [7, 11) is 0. The Labute approximate surface area is 128 Å². The number of pyridine rings is 1. The Morgan fingerprint density at radius 3 is 2.90 bits per heavy atom. The van der Waals surface area contributed by atoms with E-state index in [1.54, 1.807) is 6.20 Å². The van der Waals surface area contributed by atoms with Crippen LogP contribution in [0.5, 0.6) is 0 Å². The zero-order chi connectivity index (χ0) is 14.7. The lowest BCUT2D eigenvalue weighted by Crippen LogP contribution is -2.11. The topological polar surface area (TPSA) is 39.2 Å². The van der Waals surface area contributed by atoms with Gasteiger partial charge < -0.3 is 4.74 Å². The number of fused-ring (bicyclic) bond motifs is 1. The standard InChI is InChI=1S/C17H14ClNO2/c18-17-13-7-4-8-15(13)19-9-14(17)16(20)11-21-10-12-5-2-1-3-6-12/h1-7,9H,8,10-11H2. The number of benzene rings is 1. The SMILES string of the molecule is O=C(COCc1ccccc1)c1cnc2c(c1Cl)C=CC2. The van der Waals surface area contributed by atoms with E-state index in [1.165, 1.54) is 0 Å². The van der Waals surface area contributed by atoms with Crippen LogP contribution in [0.4, 0.5) is 0 Å². The molecule has 1 heterocycles. The van der Waals surface area contributed by atoms with E-state index in [9.17, 15) is 4.79 Å². The third-order valence-corrected chi connectivity index (χ3v) is 3.78. The first-order valence-corrected chi connectivity index (χ1v) is 7.12. The zero-order valence-corrected chi connectivity index (χ0v) is 12.1. The molecule has 0 bridgehead atoms. The summed E-state index contributed by atoms with van der Waals surface area (Å²) in [4.78, 5) is 16.5. The van der Waals surface area contributed by atoms with Crippen LogP contribution in [-0.4, -0.2) is 17.4 Å². The molecule has 0 amide bonds. The Bertz CT molecular complexity index is 695. The van der Waals surface area contributed by atoms with Crippen LogP contribution in [-0.2, 0) is 17.8 Å². The highest BCUT2D eigenvalue weighted by Gasteiger charge is 2.18. The molecular formula is C17H14ClNO2. The first-order valence-electron chi connectivity index (χ1n) is 6.74. The maximum absolute atomic E-state index is 12.2. The van der Waals surface area contributed by atoms with Crippen LogP contribution in [0, 0.1) is 0 Å². The number of Topliss-reactive ketones (excluding diaryl/α,β-unsaturated/α-hetero) is 1. The van der Waals surface area contributed by atoms with Gasteiger partial charge in [-0.15, -0.1) is 0 Å². The van der Waals surface area contributed by atoms with Gasteiger partial charge in [-0.1, -0.05) is 54.1 Å². The maximum Gasteiger partial charge on any atom is 0.191 e. The van der Waals surface area contributed by atoms with Gasteiger partial charge in [-0.25, -0.2) is 0 Å². The van der Waals surface area contributed by atoms with Crippen LogP contribution >= 0.6 is 11.6 Å². The second-order valence-corrected chi connectivity index (χ2v) is 5.23. The van der Waals surface area contributed by atoms with E-state index >= 15 is 0 Å². The third-order valence-electron chi connectivity index (χ3n) is 3.37. The number of hydrogen-bond acceptors (Lipinski definition) is 3. The molecule has 0 spiro atoms. The predicted molar refractivity (Wildman–Crippen MR) is 82.4 cm³/mol. The number of allylic oxidation sites excluding steroid dienone is 1. The van der Waals surface area contributed by atoms with Crippen LogP contribution < -0.4 is 0 Å². The summed E-state index contributed by atoms with van der Waals surface area (Å²) in [6, 6.07) is 9.73. The molecule has 106 valence electrons. The Morgan fingerprint density at radius 1 is 1.29 bits per heavy atom. The number of carbonyl (C=O) groups excluding carboxylic acids is 1. The minimum absolute atomic E-state index is 0.00120. The molecule has 0 unspecified atom stereocenters. The zero-order valence-electron chi connectivity index (χ0n) is 11.4. The fraction of sp³-hybridized carbons (Fsp3) is 0.176. The van der Waals surface area contributed by atoms with E-state index in [0.717, 1.165) is 23.2 Å². The van der Waals surface area contributed by atoms with Gasteiger partial charge >= 0.3 is 0 Å². The van der Waals surface area contributed by atoms with E-state index in [0.29, 0.717) is 17.2 Å². The minimum atomic E-state index is -0.147. The van der Waals surface area contributed by atoms with E-state index in [-0.39, 0.29) is 12.4 Å². The molecule has 3 rings (SSSR count). The average Bonchev–Trinajstić information content (AvgIpc) is 2.98. The number of halogens is 1. The Hall–Kier alpha value is -1.97. The van der Waals surface area contributed by atoms with Gasteiger partial charge in [0.2, 0.25) is 0 Å². The van der Waals surface area contributed by atoms with E-state index < -0.39 is 0 Å². The molecule has 2 aromatic rings. The van der Waals surface area contributed by atoms with Crippen LogP contribution in [0.2, 0.25) is 5.02 Å². The van der Waals surface area contributed by atoms with Crippen LogP contribution in [0.3, 0.4) is 0 Å². The quantitative estimate of drug-likeness (QED) is 0.790. The number of ketones is 1. The average molecular weight is 300 g/mol. The van der Waals surface area contributed by atoms with Gasteiger partial charge in [0, 0.05) is 18.2 Å². The summed E-state index contributed by atoms with van der Waals surface area (Å²) in [5.74, 6) is -0.147. The van der Waals surface area contributed by atoms with Crippen molar-refractivity contribution in [3.05, 3.63) is 70.0 Å². The monoisotopic (exact) mass is 299 g/mol. The van der Waals surface area contributed by atoms with Crippen molar-refractivity contribution in [1.82, 2.24) is 4.98 Å². The van der Waals surface area contributed by atoms with Gasteiger partial charge in [-0.05, 0) is 5.56 Å². The summed E-state index contributed by atoms with van der Waals surface area (Å²) in [6.07, 6.45) is 6.21. The molecule has 1 aromatic carbocycles. The molecule has 0 radical (unpaired) electrons. The third kappa shape index (κ3) is 3.04. The van der Waals surface area contributed by atoms with Crippen LogP contribution in [0.15, 0.2) is 42.6 Å². The molecule has 3 nitrogen and oxygen atoms in total. The lowest BCUT2D eigenvalue weighted by atomic mass is 10.1. The maximum atomic E-state index is 12.2. The van der Waals surface area contributed by atoms with Gasteiger partial charge in [-0.3, -0.25) is 9.78 Å². The predicted octanol–water partition coefficient (Wildman–Crippen LogP) is 3.70. The largest absolute Gasteiger partial charge is 0.369 e. The van der Waals surface area contributed by atoms with Crippen molar-refractivity contribution in [2.45, 2.75) is 13.0 Å². The summed E-state index contributed by atoms with van der Waals surface area (Å²) < 4.78 is 5.46. The first kappa shape index (κ1) is 14.0. The van der Waals surface area contributed by atoms with Crippen molar-refractivity contribution in [2.24, 2.45) is 0 Å². The smallest absolute Gasteiger partial charge is 0.191 e. The lowest BCUT2D eigenvalue weighted by Gasteiger charge is -2.08. The fourth-order valence-electron chi connectivity index (χ4n) is 2.27. The van der Waals surface area contributed by atoms with Crippen molar-refractivity contribution >= 4 is 23.5 Å². The number of nitrogens with zero attached hydrogens (tertiary/aromatic N) is 1. The lowest BCUT2D eigenvalue weighted by molar-refractivity contribution is 0.0726. The minimum Gasteiger partial charge on any atom is -0.369 e. The molecule has 0 fully saturated rings. The van der Waals surface area contributed by atoms with Gasteiger partial charge in [0.15, 0.2) is 5.78 Å². The normalized spacial score (nSPS) is 12.4. The Balaban J connectivity index is 1.65. The van der Waals surface area contributed by atoms with Crippen molar-refractivity contribution in [1.29, 1.82) is 0 Å². The fourth-order valence-corrected chi connectivity index (χ4v) is 2.60.